The molecule has 3 aromatic heterocycles. The van der Waals surface area contributed by atoms with Crippen LogP contribution < -0.4 is 5.69 Å². The Hall–Kier alpha value is -3.26. The van der Waals surface area contributed by atoms with E-state index in [0.717, 1.165) is 46.3 Å². The number of ether oxygens (including phenoxy) is 1. The molecule has 4 aromatic rings. The van der Waals surface area contributed by atoms with E-state index < -0.39 is 5.97 Å². The first-order chi connectivity index (χ1) is 17.1. The van der Waals surface area contributed by atoms with Crippen molar-refractivity contribution in [1.29, 1.82) is 0 Å². The Morgan fingerprint density at radius 1 is 1.22 bits per heavy atom. The number of fused-ring (bicyclic) bond motifs is 3. The van der Waals surface area contributed by atoms with Crippen LogP contribution in [0.1, 0.15) is 65.0 Å². The molecule has 1 aliphatic rings. The van der Waals surface area contributed by atoms with Gasteiger partial charge < -0.3 is 9.26 Å². The summed E-state index contributed by atoms with van der Waals surface area (Å²) in [4.78, 5) is 32.3. The van der Waals surface area contributed by atoms with Crippen molar-refractivity contribution in [2.24, 2.45) is 11.3 Å². The highest BCUT2D eigenvalue weighted by Gasteiger charge is 2.32. The van der Waals surface area contributed by atoms with Crippen molar-refractivity contribution in [1.82, 2.24) is 14.7 Å². The first-order valence-corrected chi connectivity index (χ1v) is 13.1. The maximum absolute atomic E-state index is 13.5. The van der Waals surface area contributed by atoms with Gasteiger partial charge >= 0.3 is 11.7 Å². The molecule has 0 aliphatic heterocycles. The summed E-state index contributed by atoms with van der Waals surface area (Å²) < 4.78 is 12.0. The van der Waals surface area contributed by atoms with Gasteiger partial charge in [0.15, 0.2) is 0 Å². The zero-order chi connectivity index (χ0) is 25.8. The Morgan fingerprint density at radius 3 is 2.56 bits per heavy atom. The topological polar surface area (TPSA) is 87.2 Å². The Kier molecular flexibility index (Phi) is 6.11. The molecule has 0 saturated heterocycles. The van der Waals surface area contributed by atoms with E-state index in [0.29, 0.717) is 29.5 Å². The Labute approximate surface area is 214 Å². The molecular weight excluding hydrogens is 474 g/mol. The molecule has 0 amide bonds. The molecule has 0 radical (unpaired) electrons. The number of carbonyl (C=O) groups is 1. The maximum Gasteiger partial charge on any atom is 0.349 e. The van der Waals surface area contributed by atoms with Crippen molar-refractivity contribution in [3.8, 4) is 11.3 Å². The largest absolute Gasteiger partial charge is 0.465 e. The van der Waals surface area contributed by atoms with Gasteiger partial charge in [-0.15, -0.1) is 11.3 Å². The van der Waals surface area contributed by atoms with Crippen LogP contribution in [0.3, 0.4) is 0 Å². The van der Waals surface area contributed by atoms with E-state index in [1.165, 1.54) is 17.6 Å². The Morgan fingerprint density at radius 2 is 1.94 bits per heavy atom. The summed E-state index contributed by atoms with van der Waals surface area (Å²) in [6.07, 6.45) is 3.06. The van der Waals surface area contributed by atoms with Gasteiger partial charge in [0.1, 0.15) is 10.6 Å². The molecule has 1 aromatic carbocycles. The van der Waals surface area contributed by atoms with E-state index in [1.807, 2.05) is 26.0 Å². The first-order valence-electron chi connectivity index (χ1n) is 12.2. The second-order valence-electron chi connectivity index (χ2n) is 10.7. The second-order valence-corrected chi connectivity index (χ2v) is 11.8. The fourth-order valence-electron chi connectivity index (χ4n) is 5.16. The maximum atomic E-state index is 13.5. The lowest BCUT2D eigenvalue weighted by Gasteiger charge is -2.33. The zero-order valence-electron chi connectivity index (χ0n) is 21.6. The van der Waals surface area contributed by atoms with Gasteiger partial charge in [0.25, 0.3) is 0 Å². The van der Waals surface area contributed by atoms with Gasteiger partial charge in [-0.1, -0.05) is 38.1 Å². The average Bonchev–Trinajstić information content (AvgIpc) is 3.39. The van der Waals surface area contributed by atoms with E-state index in [9.17, 15) is 9.59 Å². The molecule has 1 aliphatic carbocycles. The van der Waals surface area contributed by atoms with Crippen LogP contribution >= 0.6 is 11.3 Å². The molecule has 0 N–H and O–H groups in total. The van der Waals surface area contributed by atoms with Crippen LogP contribution in [0.15, 0.2) is 33.6 Å². The number of aromatic nitrogens is 3. The summed E-state index contributed by atoms with van der Waals surface area (Å²) in [6.45, 7) is 11.0. The molecule has 0 saturated carbocycles. The number of rotatable bonds is 4. The van der Waals surface area contributed by atoms with E-state index in [-0.39, 0.29) is 11.1 Å². The van der Waals surface area contributed by atoms with Crippen LogP contribution in [-0.4, -0.2) is 27.8 Å². The SMILES string of the molecule is COC(=O)c1ccc(-c2nc(=O)n(Cc3c(C)noc3C)c3sc4c(c23)CCC(C(C)(C)C)C4)cc1. The van der Waals surface area contributed by atoms with Crippen LogP contribution in [0.2, 0.25) is 0 Å². The molecule has 188 valence electrons. The summed E-state index contributed by atoms with van der Waals surface area (Å²) in [7, 11) is 1.36. The third kappa shape index (κ3) is 4.17. The van der Waals surface area contributed by atoms with Gasteiger partial charge in [0.2, 0.25) is 0 Å². The molecule has 1 unspecified atom stereocenters. The lowest BCUT2D eigenvalue weighted by Crippen LogP contribution is -2.26. The molecule has 0 fully saturated rings. The normalized spacial score (nSPS) is 15.8. The van der Waals surface area contributed by atoms with Crippen LogP contribution in [0, 0.1) is 25.2 Å². The number of esters is 1. The fourth-order valence-corrected chi connectivity index (χ4v) is 6.58. The number of methoxy groups -OCH3 is 1. The highest BCUT2D eigenvalue weighted by molar-refractivity contribution is 7.19. The molecule has 1 atom stereocenters. The predicted octanol–water partition coefficient (Wildman–Crippen LogP) is 5.72. The smallest absolute Gasteiger partial charge is 0.349 e. The van der Waals surface area contributed by atoms with Crippen molar-refractivity contribution in [3.63, 3.8) is 0 Å². The predicted molar refractivity (Wildman–Crippen MR) is 141 cm³/mol. The first kappa shape index (κ1) is 24.4. The zero-order valence-corrected chi connectivity index (χ0v) is 22.4. The van der Waals surface area contributed by atoms with E-state index in [4.69, 9.17) is 9.26 Å². The molecule has 7 nitrogen and oxygen atoms in total. The van der Waals surface area contributed by atoms with Crippen molar-refractivity contribution in [2.75, 3.05) is 7.11 Å². The molecule has 8 heteroatoms. The minimum atomic E-state index is -0.393. The number of carbonyl (C=O) groups excluding carboxylic acids is 1. The van der Waals surface area contributed by atoms with Gasteiger partial charge in [0.05, 0.1) is 30.6 Å². The number of nitrogens with zero attached hydrogens (tertiary/aromatic N) is 3. The lowest BCUT2D eigenvalue weighted by atomic mass is 9.72. The highest BCUT2D eigenvalue weighted by atomic mass is 32.1. The third-order valence-corrected chi connectivity index (χ3v) is 8.75. The van der Waals surface area contributed by atoms with Crippen molar-refractivity contribution in [2.45, 2.75) is 60.4 Å². The van der Waals surface area contributed by atoms with Gasteiger partial charge in [-0.2, -0.15) is 4.98 Å². The van der Waals surface area contributed by atoms with Crippen LogP contribution in [-0.2, 0) is 24.1 Å². The van der Waals surface area contributed by atoms with Crippen molar-refractivity contribution >= 4 is 27.5 Å². The van der Waals surface area contributed by atoms with E-state index in [1.54, 1.807) is 28.0 Å². The number of hydrogen-bond acceptors (Lipinski definition) is 7. The molecule has 5 rings (SSSR count). The van der Waals surface area contributed by atoms with Crippen LogP contribution in [0.4, 0.5) is 0 Å². The summed E-state index contributed by atoms with van der Waals surface area (Å²) >= 11 is 1.71. The minimum Gasteiger partial charge on any atom is -0.465 e. The average molecular weight is 506 g/mol. The molecule has 36 heavy (non-hydrogen) atoms. The van der Waals surface area contributed by atoms with Gasteiger partial charge in [-0.25, -0.2) is 9.59 Å². The van der Waals surface area contributed by atoms with Crippen molar-refractivity contribution < 1.29 is 14.1 Å². The van der Waals surface area contributed by atoms with Gasteiger partial charge in [0, 0.05) is 21.4 Å². The highest BCUT2D eigenvalue weighted by Crippen LogP contribution is 2.45. The van der Waals surface area contributed by atoms with Gasteiger partial charge in [-0.3, -0.25) is 4.57 Å². The molecule has 0 spiro atoms. The monoisotopic (exact) mass is 505 g/mol. The number of thiophene rings is 1. The summed E-state index contributed by atoms with van der Waals surface area (Å²) in [5.74, 6) is 0.899. The quantitative estimate of drug-likeness (QED) is 0.330. The fraction of sp³-hybridized carbons (Fsp3) is 0.429. The van der Waals surface area contributed by atoms with E-state index in [2.05, 4.69) is 30.9 Å². The van der Waals surface area contributed by atoms with Crippen molar-refractivity contribution in [3.05, 3.63) is 67.8 Å². The Balaban J connectivity index is 1.71. The molecule has 3 heterocycles. The number of hydrogen-bond donors (Lipinski definition) is 0. The number of aryl methyl sites for hydroxylation is 3. The van der Waals surface area contributed by atoms with E-state index >= 15 is 0 Å². The standard InChI is InChI=1S/C28H31N3O4S/c1-15-21(16(2)35-30-15)14-31-25-23(20-12-11-19(28(3,4)5)13-22(20)36-25)24(29-27(31)33)17-7-9-18(10-8-17)26(32)34-6/h7-10,19H,11-14H2,1-6H3. The molecule has 0 bridgehead atoms. The Bertz CT molecular complexity index is 1500. The summed E-state index contributed by atoms with van der Waals surface area (Å²) in [5, 5.41) is 5.11. The lowest BCUT2D eigenvalue weighted by molar-refractivity contribution is 0.0600. The van der Waals surface area contributed by atoms with Gasteiger partial charge in [-0.05, 0) is 62.1 Å². The summed E-state index contributed by atoms with van der Waals surface area (Å²) in [5.41, 5.74) is 4.85. The van der Waals surface area contributed by atoms with Crippen LogP contribution in [0.25, 0.3) is 21.5 Å². The molecular formula is C28H31N3O4S. The second kappa shape index (κ2) is 9.00. The third-order valence-electron chi connectivity index (χ3n) is 7.47. The summed E-state index contributed by atoms with van der Waals surface area (Å²) in [6, 6.07) is 7.13. The minimum absolute atomic E-state index is 0.217. The van der Waals surface area contributed by atoms with Crippen LogP contribution in [0.5, 0.6) is 0 Å². The number of benzene rings is 1.